The molecule has 0 spiro atoms. The second kappa shape index (κ2) is 6.03. The van der Waals surface area contributed by atoms with Crippen molar-refractivity contribution in [2.45, 2.75) is 6.61 Å². The van der Waals surface area contributed by atoms with Crippen molar-refractivity contribution in [2.24, 2.45) is 0 Å². The number of rotatable bonds is 5. The van der Waals surface area contributed by atoms with Crippen molar-refractivity contribution in [3.05, 3.63) is 35.0 Å². The number of nitrogens with one attached hydrogen (secondary N) is 1. The number of hydrogen-bond acceptors (Lipinski definition) is 7. The SMILES string of the molecule is COCc1nc2c3[nH]c(C(=O)O)cc(C(=O)O)c3c3nc(C(=O)O)cc3c2o1. The van der Waals surface area contributed by atoms with Crippen LogP contribution >= 0.6 is 0 Å². The number of fused-ring (bicyclic) bond motifs is 6. The number of nitrogens with zero attached hydrogens (tertiary/aromatic N) is 2. The summed E-state index contributed by atoms with van der Waals surface area (Å²) in [5.41, 5.74) is -0.663. The topological polar surface area (TPSA) is 176 Å². The first kappa shape index (κ1) is 17.4. The highest BCUT2D eigenvalue weighted by Crippen LogP contribution is 2.37. The summed E-state index contributed by atoms with van der Waals surface area (Å²) in [6.07, 6.45) is 0. The number of aromatic amines is 1. The van der Waals surface area contributed by atoms with Crippen LogP contribution in [0.1, 0.15) is 37.2 Å². The van der Waals surface area contributed by atoms with Gasteiger partial charge >= 0.3 is 17.9 Å². The molecule has 0 bridgehead atoms. The van der Waals surface area contributed by atoms with Gasteiger partial charge in [0.15, 0.2) is 5.58 Å². The van der Waals surface area contributed by atoms with Crippen molar-refractivity contribution >= 4 is 50.8 Å². The van der Waals surface area contributed by atoms with E-state index in [0.29, 0.717) is 0 Å². The first-order valence-electron chi connectivity index (χ1n) is 7.79. The lowest BCUT2D eigenvalue weighted by Crippen LogP contribution is -2.07. The number of oxazole rings is 1. The standard InChI is InChI=1S/C17H11N3O8/c1-27-4-9-20-13-12-10(5(15(21)22)2-7(19-12)16(23)24)11-6(14(13)28-9)3-8(18-11)17(25)26/h2-3,19H,4H2,1H3,(H,21,22)(H,23,24)(H,25,26). The predicted molar refractivity (Wildman–Crippen MR) is 92.8 cm³/mol. The Labute approximate surface area is 154 Å². The van der Waals surface area contributed by atoms with E-state index in [2.05, 4.69) is 15.0 Å². The summed E-state index contributed by atoms with van der Waals surface area (Å²) in [6, 6.07) is 2.20. The maximum atomic E-state index is 11.8. The number of carboxylic acids is 3. The van der Waals surface area contributed by atoms with Crippen LogP contribution in [0, 0.1) is 0 Å². The van der Waals surface area contributed by atoms with Crippen molar-refractivity contribution < 1.29 is 38.9 Å². The van der Waals surface area contributed by atoms with Gasteiger partial charge in [-0.25, -0.2) is 24.4 Å². The lowest BCUT2D eigenvalue weighted by atomic mass is 10.0. The van der Waals surface area contributed by atoms with Gasteiger partial charge < -0.3 is 29.5 Å². The molecule has 0 unspecified atom stereocenters. The van der Waals surface area contributed by atoms with Gasteiger partial charge in [-0.15, -0.1) is 0 Å². The number of aromatic nitrogens is 3. The Morgan fingerprint density at radius 1 is 1.07 bits per heavy atom. The van der Waals surface area contributed by atoms with Crippen LogP contribution in [-0.2, 0) is 11.3 Å². The van der Waals surface area contributed by atoms with Gasteiger partial charge in [0, 0.05) is 17.9 Å². The summed E-state index contributed by atoms with van der Waals surface area (Å²) in [5, 5.41) is 28.5. The molecule has 3 heterocycles. The van der Waals surface area contributed by atoms with E-state index in [-0.39, 0.29) is 62.4 Å². The fourth-order valence-corrected chi connectivity index (χ4v) is 3.08. The number of carbonyl (C=O) groups is 3. The molecule has 0 amide bonds. The predicted octanol–water partition coefficient (Wildman–Crippen LogP) is 2.10. The summed E-state index contributed by atoms with van der Waals surface area (Å²) in [4.78, 5) is 45.5. The number of H-pyrrole nitrogens is 1. The van der Waals surface area contributed by atoms with Crippen LogP contribution in [-0.4, -0.2) is 55.3 Å². The second-order valence-corrected chi connectivity index (χ2v) is 5.88. The third-order valence-corrected chi connectivity index (χ3v) is 4.17. The van der Waals surface area contributed by atoms with Gasteiger partial charge in [0.1, 0.15) is 23.5 Å². The molecule has 28 heavy (non-hydrogen) atoms. The van der Waals surface area contributed by atoms with Crippen LogP contribution < -0.4 is 0 Å². The molecule has 1 aromatic carbocycles. The summed E-state index contributed by atoms with van der Waals surface area (Å²) in [6.45, 7) is 0.00198. The largest absolute Gasteiger partial charge is 0.478 e. The Kier molecular flexibility index (Phi) is 3.75. The number of hydrogen-bond donors (Lipinski definition) is 4. The molecule has 142 valence electrons. The highest BCUT2D eigenvalue weighted by molar-refractivity contribution is 6.26. The van der Waals surface area contributed by atoms with Crippen LogP contribution in [0.3, 0.4) is 0 Å². The molecular formula is C17H11N3O8. The molecule has 11 nitrogen and oxygen atoms in total. The molecule has 4 aromatic rings. The molecule has 11 heteroatoms. The fourth-order valence-electron chi connectivity index (χ4n) is 3.08. The summed E-state index contributed by atoms with van der Waals surface area (Å²) in [7, 11) is 1.42. The molecule has 0 atom stereocenters. The highest BCUT2D eigenvalue weighted by Gasteiger charge is 2.25. The minimum atomic E-state index is -1.40. The van der Waals surface area contributed by atoms with E-state index in [1.165, 1.54) is 13.2 Å². The van der Waals surface area contributed by atoms with Crippen molar-refractivity contribution in [3.8, 4) is 0 Å². The molecule has 4 N–H and O–H groups in total. The van der Waals surface area contributed by atoms with E-state index >= 15 is 0 Å². The summed E-state index contributed by atoms with van der Waals surface area (Å²) in [5.74, 6) is -3.94. The van der Waals surface area contributed by atoms with Crippen LogP contribution in [0.15, 0.2) is 16.5 Å². The Bertz CT molecular complexity index is 1320. The zero-order valence-electron chi connectivity index (χ0n) is 14.1. The lowest BCUT2D eigenvalue weighted by molar-refractivity contribution is 0.0678. The van der Waals surface area contributed by atoms with E-state index in [0.717, 1.165) is 6.07 Å². The molecule has 0 radical (unpaired) electrons. The van der Waals surface area contributed by atoms with Crippen LogP contribution in [0.4, 0.5) is 0 Å². The van der Waals surface area contributed by atoms with E-state index in [9.17, 15) is 29.7 Å². The molecule has 3 aromatic heterocycles. The van der Waals surface area contributed by atoms with Gasteiger partial charge in [-0.1, -0.05) is 0 Å². The van der Waals surface area contributed by atoms with Crippen molar-refractivity contribution in [3.63, 3.8) is 0 Å². The number of carboxylic acid groups (broad SMARTS) is 3. The van der Waals surface area contributed by atoms with Gasteiger partial charge in [0.25, 0.3) is 0 Å². The monoisotopic (exact) mass is 385 g/mol. The molecule has 0 fully saturated rings. The molecular weight excluding hydrogens is 374 g/mol. The third kappa shape index (κ3) is 2.45. The average molecular weight is 385 g/mol. The van der Waals surface area contributed by atoms with E-state index in [4.69, 9.17) is 9.15 Å². The van der Waals surface area contributed by atoms with Crippen molar-refractivity contribution in [1.82, 2.24) is 15.0 Å². The normalized spacial score (nSPS) is 11.5. The fraction of sp³-hybridized carbons (Fsp3) is 0.118. The number of benzene rings is 1. The van der Waals surface area contributed by atoms with Gasteiger partial charge in [-0.05, 0) is 12.1 Å². The minimum absolute atomic E-state index is 0.00198. The third-order valence-electron chi connectivity index (χ3n) is 4.17. The van der Waals surface area contributed by atoms with Gasteiger partial charge in [-0.2, -0.15) is 0 Å². The van der Waals surface area contributed by atoms with Crippen LogP contribution in [0.25, 0.3) is 32.9 Å². The Hall–Kier alpha value is -3.99. The van der Waals surface area contributed by atoms with E-state index in [1.54, 1.807) is 0 Å². The maximum absolute atomic E-state index is 11.8. The van der Waals surface area contributed by atoms with Crippen molar-refractivity contribution in [1.29, 1.82) is 0 Å². The molecule has 0 aliphatic carbocycles. The number of aromatic carboxylic acids is 3. The smallest absolute Gasteiger partial charge is 0.354 e. The molecule has 0 saturated heterocycles. The van der Waals surface area contributed by atoms with Gasteiger partial charge in [0.05, 0.1) is 16.6 Å². The van der Waals surface area contributed by atoms with Crippen molar-refractivity contribution in [2.75, 3.05) is 7.11 Å². The molecule has 0 aliphatic heterocycles. The van der Waals surface area contributed by atoms with E-state index < -0.39 is 17.9 Å². The van der Waals surface area contributed by atoms with E-state index in [1.807, 2.05) is 0 Å². The molecule has 0 aliphatic rings. The number of ether oxygens (including phenoxy) is 1. The van der Waals surface area contributed by atoms with Crippen LogP contribution in [0.5, 0.6) is 0 Å². The highest BCUT2D eigenvalue weighted by atomic mass is 16.5. The number of methoxy groups -OCH3 is 1. The summed E-state index contributed by atoms with van der Waals surface area (Å²) >= 11 is 0. The second-order valence-electron chi connectivity index (χ2n) is 5.88. The Morgan fingerprint density at radius 2 is 1.82 bits per heavy atom. The van der Waals surface area contributed by atoms with Gasteiger partial charge in [0.2, 0.25) is 5.89 Å². The van der Waals surface area contributed by atoms with Crippen LogP contribution in [0.2, 0.25) is 0 Å². The van der Waals surface area contributed by atoms with Gasteiger partial charge in [-0.3, -0.25) is 0 Å². The summed E-state index contributed by atoms with van der Waals surface area (Å²) < 4.78 is 10.6. The quantitative estimate of drug-likeness (QED) is 0.398. The average Bonchev–Trinajstić information content (AvgIpc) is 3.25. The number of pyridine rings is 1. The zero-order valence-corrected chi connectivity index (χ0v) is 14.1. The minimum Gasteiger partial charge on any atom is -0.478 e. The molecule has 4 rings (SSSR count). The first-order chi connectivity index (χ1) is 13.3. The molecule has 0 saturated carbocycles. The zero-order chi connectivity index (χ0) is 20.2. The Morgan fingerprint density at radius 3 is 2.43 bits per heavy atom. The lowest BCUT2D eigenvalue weighted by Gasteiger charge is -2.07. The first-order valence-corrected chi connectivity index (χ1v) is 7.79. The maximum Gasteiger partial charge on any atom is 0.354 e. The Balaban J connectivity index is 2.29.